The first-order chi connectivity index (χ1) is 11.1. The van der Waals surface area contributed by atoms with Gasteiger partial charge in [-0.25, -0.2) is 0 Å². The molecular weight excluding hydrogens is 296 g/mol. The summed E-state index contributed by atoms with van der Waals surface area (Å²) >= 11 is 0. The highest BCUT2D eigenvalue weighted by atomic mass is 16.4. The first kappa shape index (κ1) is 17.5. The SMILES string of the molecule is CN(CCN1CCCCC1)C(=O)c1ccc(C(=O)NCCN)o1. The van der Waals surface area contributed by atoms with E-state index in [9.17, 15) is 9.59 Å². The van der Waals surface area contributed by atoms with Crippen LogP contribution in [0.5, 0.6) is 0 Å². The number of likely N-dealkylation sites (N-methyl/N-ethyl adjacent to an activating group) is 1. The van der Waals surface area contributed by atoms with Crippen molar-refractivity contribution in [3.8, 4) is 0 Å². The van der Waals surface area contributed by atoms with Gasteiger partial charge in [0.1, 0.15) is 0 Å². The van der Waals surface area contributed by atoms with E-state index in [1.165, 1.54) is 31.4 Å². The van der Waals surface area contributed by atoms with Crippen LogP contribution in [0, 0.1) is 0 Å². The standard InChI is InChI=1S/C16H26N4O3/c1-19(11-12-20-9-3-2-4-10-20)16(22)14-6-5-13(23-14)15(21)18-8-7-17/h5-6H,2-4,7-12,17H2,1H3,(H,18,21). The molecule has 1 aromatic rings. The fourth-order valence-corrected chi connectivity index (χ4v) is 2.61. The number of nitrogens with one attached hydrogen (secondary N) is 1. The van der Waals surface area contributed by atoms with Gasteiger partial charge in [0, 0.05) is 33.2 Å². The number of piperidine rings is 1. The Morgan fingerprint density at radius 2 is 1.96 bits per heavy atom. The largest absolute Gasteiger partial charge is 0.446 e. The van der Waals surface area contributed by atoms with Crippen LogP contribution in [0.3, 0.4) is 0 Å². The number of carbonyl (C=O) groups excluding carboxylic acids is 2. The monoisotopic (exact) mass is 322 g/mol. The second kappa shape index (κ2) is 8.69. The zero-order chi connectivity index (χ0) is 16.7. The predicted octanol–water partition coefficient (Wildman–Crippen LogP) is 0.526. The summed E-state index contributed by atoms with van der Waals surface area (Å²) in [4.78, 5) is 28.1. The third-order valence-corrected chi connectivity index (χ3v) is 4.02. The van der Waals surface area contributed by atoms with Crippen molar-refractivity contribution in [2.75, 3.05) is 46.3 Å². The van der Waals surface area contributed by atoms with Crippen LogP contribution in [0.15, 0.2) is 16.5 Å². The number of furan rings is 1. The van der Waals surface area contributed by atoms with E-state index in [0.29, 0.717) is 19.6 Å². The summed E-state index contributed by atoms with van der Waals surface area (Å²) in [6.45, 7) is 4.46. The molecule has 7 nitrogen and oxygen atoms in total. The van der Waals surface area contributed by atoms with Gasteiger partial charge in [0.05, 0.1) is 0 Å². The average Bonchev–Trinajstić information content (AvgIpc) is 3.08. The molecule has 1 aromatic heterocycles. The summed E-state index contributed by atoms with van der Waals surface area (Å²) in [7, 11) is 1.75. The predicted molar refractivity (Wildman–Crippen MR) is 87.3 cm³/mol. The highest BCUT2D eigenvalue weighted by Gasteiger charge is 2.19. The van der Waals surface area contributed by atoms with Crippen LogP contribution in [0.1, 0.15) is 40.4 Å². The lowest BCUT2D eigenvalue weighted by molar-refractivity contribution is 0.0737. The smallest absolute Gasteiger partial charge is 0.289 e. The molecule has 1 aliphatic rings. The Morgan fingerprint density at radius 1 is 1.26 bits per heavy atom. The summed E-state index contributed by atoms with van der Waals surface area (Å²) in [5.41, 5.74) is 5.33. The Hall–Kier alpha value is -1.86. The quantitative estimate of drug-likeness (QED) is 0.764. The second-order valence-corrected chi connectivity index (χ2v) is 5.84. The second-order valence-electron chi connectivity index (χ2n) is 5.84. The zero-order valence-electron chi connectivity index (χ0n) is 13.7. The molecule has 0 radical (unpaired) electrons. The molecule has 2 heterocycles. The van der Waals surface area contributed by atoms with Crippen LogP contribution in [-0.2, 0) is 0 Å². The molecule has 0 unspecified atom stereocenters. The Kier molecular flexibility index (Phi) is 6.61. The molecule has 23 heavy (non-hydrogen) atoms. The minimum absolute atomic E-state index is 0.131. The Morgan fingerprint density at radius 3 is 2.65 bits per heavy atom. The topological polar surface area (TPSA) is 91.8 Å². The van der Waals surface area contributed by atoms with Crippen molar-refractivity contribution in [1.82, 2.24) is 15.1 Å². The first-order valence-corrected chi connectivity index (χ1v) is 8.17. The molecule has 0 spiro atoms. The van der Waals surface area contributed by atoms with E-state index in [1.54, 1.807) is 11.9 Å². The van der Waals surface area contributed by atoms with Crippen LogP contribution in [0.25, 0.3) is 0 Å². The van der Waals surface area contributed by atoms with Gasteiger partial charge in [-0.15, -0.1) is 0 Å². The molecule has 0 aliphatic carbocycles. The van der Waals surface area contributed by atoms with Crippen LogP contribution >= 0.6 is 0 Å². The maximum absolute atomic E-state index is 12.3. The maximum atomic E-state index is 12.3. The van der Waals surface area contributed by atoms with Crippen LogP contribution in [-0.4, -0.2) is 67.9 Å². The number of hydrogen-bond acceptors (Lipinski definition) is 5. The third-order valence-electron chi connectivity index (χ3n) is 4.02. The average molecular weight is 322 g/mol. The molecule has 0 saturated carbocycles. The molecule has 1 saturated heterocycles. The van der Waals surface area contributed by atoms with E-state index in [2.05, 4.69) is 10.2 Å². The number of nitrogens with two attached hydrogens (primary N) is 1. The van der Waals surface area contributed by atoms with Gasteiger partial charge in [-0.3, -0.25) is 9.59 Å². The summed E-state index contributed by atoms with van der Waals surface area (Å²) < 4.78 is 5.36. The van der Waals surface area contributed by atoms with Gasteiger partial charge in [0.2, 0.25) is 0 Å². The summed E-state index contributed by atoms with van der Waals surface area (Å²) in [5, 5.41) is 2.61. The minimum atomic E-state index is -0.356. The molecule has 128 valence electrons. The lowest BCUT2D eigenvalue weighted by atomic mass is 10.1. The molecule has 3 N–H and O–H groups in total. The van der Waals surface area contributed by atoms with Gasteiger partial charge >= 0.3 is 0 Å². The number of amides is 2. The molecule has 0 bridgehead atoms. The molecule has 2 amide bonds. The summed E-state index contributed by atoms with van der Waals surface area (Å²) in [6.07, 6.45) is 3.76. The van der Waals surface area contributed by atoms with E-state index in [1.807, 2.05) is 0 Å². The van der Waals surface area contributed by atoms with Crippen molar-refractivity contribution in [3.05, 3.63) is 23.7 Å². The molecule has 0 atom stereocenters. The Balaban J connectivity index is 1.84. The van der Waals surface area contributed by atoms with Gasteiger partial charge in [-0.2, -0.15) is 0 Å². The lowest BCUT2D eigenvalue weighted by Gasteiger charge is -2.28. The lowest BCUT2D eigenvalue weighted by Crippen LogP contribution is -2.38. The summed E-state index contributed by atoms with van der Waals surface area (Å²) in [5.74, 6) is -0.249. The Labute approximate surface area is 136 Å². The molecule has 7 heteroatoms. The zero-order valence-corrected chi connectivity index (χ0v) is 13.7. The summed E-state index contributed by atoms with van der Waals surface area (Å²) in [6, 6.07) is 3.05. The van der Waals surface area contributed by atoms with Crippen molar-refractivity contribution in [3.63, 3.8) is 0 Å². The van der Waals surface area contributed by atoms with Gasteiger partial charge in [0.15, 0.2) is 11.5 Å². The normalized spacial score (nSPS) is 15.4. The van der Waals surface area contributed by atoms with Crippen LogP contribution < -0.4 is 11.1 Å². The molecule has 2 rings (SSSR count). The highest BCUT2D eigenvalue weighted by Crippen LogP contribution is 2.11. The van der Waals surface area contributed by atoms with E-state index in [0.717, 1.165) is 19.6 Å². The number of nitrogens with zero attached hydrogens (tertiary/aromatic N) is 2. The van der Waals surface area contributed by atoms with Gasteiger partial charge in [0.25, 0.3) is 11.8 Å². The van der Waals surface area contributed by atoms with E-state index < -0.39 is 0 Å². The van der Waals surface area contributed by atoms with E-state index >= 15 is 0 Å². The first-order valence-electron chi connectivity index (χ1n) is 8.17. The van der Waals surface area contributed by atoms with Crippen LogP contribution in [0.4, 0.5) is 0 Å². The highest BCUT2D eigenvalue weighted by molar-refractivity contribution is 5.95. The van der Waals surface area contributed by atoms with Gasteiger partial charge in [-0.05, 0) is 38.1 Å². The third kappa shape index (κ3) is 5.07. The molecule has 1 aliphatic heterocycles. The molecular formula is C16H26N4O3. The molecule has 1 fully saturated rings. The van der Waals surface area contributed by atoms with Crippen molar-refractivity contribution in [1.29, 1.82) is 0 Å². The Bertz CT molecular complexity index is 523. The number of hydrogen-bond donors (Lipinski definition) is 2. The van der Waals surface area contributed by atoms with Gasteiger partial charge < -0.3 is 25.3 Å². The fraction of sp³-hybridized carbons (Fsp3) is 0.625. The maximum Gasteiger partial charge on any atom is 0.289 e. The number of rotatable bonds is 7. The van der Waals surface area contributed by atoms with Crippen molar-refractivity contribution >= 4 is 11.8 Å². The van der Waals surface area contributed by atoms with Gasteiger partial charge in [-0.1, -0.05) is 6.42 Å². The van der Waals surface area contributed by atoms with E-state index in [-0.39, 0.29) is 23.3 Å². The van der Waals surface area contributed by atoms with E-state index in [4.69, 9.17) is 10.2 Å². The molecule has 0 aromatic carbocycles. The number of carbonyl (C=O) groups is 2. The van der Waals surface area contributed by atoms with Crippen molar-refractivity contribution < 1.29 is 14.0 Å². The minimum Gasteiger partial charge on any atom is -0.446 e. The van der Waals surface area contributed by atoms with Crippen LogP contribution in [0.2, 0.25) is 0 Å². The van der Waals surface area contributed by atoms with Crippen molar-refractivity contribution in [2.24, 2.45) is 5.73 Å². The van der Waals surface area contributed by atoms with Crippen molar-refractivity contribution in [2.45, 2.75) is 19.3 Å². The number of likely N-dealkylation sites (tertiary alicyclic amines) is 1. The fourth-order valence-electron chi connectivity index (χ4n) is 2.61.